The predicted molar refractivity (Wildman–Crippen MR) is 215 cm³/mol. The van der Waals surface area contributed by atoms with Gasteiger partial charge in [0.1, 0.15) is 42.1 Å². The number of ether oxygens (including phenoxy) is 5. The lowest BCUT2D eigenvalue weighted by atomic mass is 9.91. The quantitative estimate of drug-likeness (QED) is 0.0921. The number of nitrogens with one attached hydrogen (secondary N) is 3. The molecule has 7 atom stereocenters. The average Bonchev–Trinajstić information content (AvgIpc) is 3.19. The van der Waals surface area contributed by atoms with Gasteiger partial charge in [-0.15, -0.1) is 0 Å². The standard InChI is InChI=1S/C44H59N3O11/c1-29(2)37(47-41(51)33(24-36(49)50)46-43(53)58-44(3,4)5)42(52)45-23-15-22-34-38(54-26-30-16-9-6-10-17-30)40(56-28-32-20-13-8-14-21-32)39(35(25-48)57-34)55-27-31-18-11-7-12-19-31/h6-14,16-21,29,33-35,37-40,48H,15,22-28H2,1-5H3,(H,45,52)(H,46,53)(H,47,51)(H,49,50). The molecule has 316 valence electrons. The molecule has 1 saturated heterocycles. The van der Waals surface area contributed by atoms with Crippen LogP contribution in [0.2, 0.25) is 0 Å². The van der Waals surface area contributed by atoms with Crippen LogP contribution in [0, 0.1) is 5.92 Å². The van der Waals surface area contributed by atoms with Crippen molar-refractivity contribution in [3.63, 3.8) is 0 Å². The Bertz CT molecular complexity index is 1710. The van der Waals surface area contributed by atoms with Gasteiger partial charge in [0.2, 0.25) is 11.8 Å². The molecule has 0 spiro atoms. The molecular formula is C44H59N3O11. The van der Waals surface area contributed by atoms with E-state index in [0.717, 1.165) is 16.7 Å². The third-order valence-electron chi connectivity index (χ3n) is 9.36. The molecule has 4 rings (SSSR count). The lowest BCUT2D eigenvalue weighted by Crippen LogP contribution is -2.61. The summed E-state index contributed by atoms with van der Waals surface area (Å²) in [4.78, 5) is 50.6. The number of aliphatic hydroxyl groups is 1. The molecule has 1 heterocycles. The fourth-order valence-corrected chi connectivity index (χ4v) is 6.51. The van der Waals surface area contributed by atoms with Crippen LogP contribution in [0.3, 0.4) is 0 Å². The molecule has 1 aliphatic rings. The molecular weight excluding hydrogens is 746 g/mol. The molecule has 5 N–H and O–H groups in total. The van der Waals surface area contributed by atoms with Crippen LogP contribution in [-0.4, -0.2) is 95.4 Å². The van der Waals surface area contributed by atoms with E-state index in [9.17, 15) is 29.4 Å². The van der Waals surface area contributed by atoms with Crippen molar-refractivity contribution in [3.05, 3.63) is 108 Å². The molecule has 3 amide bonds. The van der Waals surface area contributed by atoms with Gasteiger partial charge >= 0.3 is 12.1 Å². The van der Waals surface area contributed by atoms with Gasteiger partial charge in [-0.3, -0.25) is 14.4 Å². The van der Waals surface area contributed by atoms with Crippen molar-refractivity contribution in [1.82, 2.24) is 16.0 Å². The normalized spacial score (nSPS) is 20.4. The second-order valence-electron chi connectivity index (χ2n) is 15.6. The number of carbonyl (C=O) groups excluding carboxylic acids is 3. The number of amides is 3. The smallest absolute Gasteiger partial charge is 0.408 e. The Hall–Kier alpha value is -4.86. The lowest BCUT2D eigenvalue weighted by molar-refractivity contribution is -0.271. The van der Waals surface area contributed by atoms with Crippen molar-refractivity contribution in [2.24, 2.45) is 5.92 Å². The van der Waals surface area contributed by atoms with Gasteiger partial charge in [0, 0.05) is 6.54 Å². The summed E-state index contributed by atoms with van der Waals surface area (Å²) in [6, 6.07) is 26.7. The first-order valence-corrected chi connectivity index (χ1v) is 19.8. The minimum absolute atomic E-state index is 0.200. The van der Waals surface area contributed by atoms with Crippen LogP contribution in [0.1, 0.15) is 70.6 Å². The van der Waals surface area contributed by atoms with Crippen molar-refractivity contribution < 1.29 is 53.1 Å². The number of rotatable bonds is 21. The van der Waals surface area contributed by atoms with E-state index >= 15 is 0 Å². The van der Waals surface area contributed by atoms with Crippen molar-refractivity contribution >= 4 is 23.9 Å². The highest BCUT2D eigenvalue weighted by Gasteiger charge is 2.48. The summed E-state index contributed by atoms with van der Waals surface area (Å²) >= 11 is 0. The minimum Gasteiger partial charge on any atom is -0.481 e. The number of aliphatic carboxylic acids is 1. The van der Waals surface area contributed by atoms with Gasteiger partial charge < -0.3 is 49.8 Å². The first kappa shape index (κ1) is 45.8. The fraction of sp³-hybridized carbons (Fsp3) is 0.500. The molecule has 14 heteroatoms. The number of aliphatic hydroxyl groups excluding tert-OH is 1. The van der Waals surface area contributed by atoms with Crippen LogP contribution in [-0.2, 0) is 57.9 Å². The Morgan fingerprint density at radius 3 is 1.64 bits per heavy atom. The van der Waals surface area contributed by atoms with Crippen LogP contribution in [0.15, 0.2) is 91.0 Å². The van der Waals surface area contributed by atoms with Gasteiger partial charge in [-0.1, -0.05) is 105 Å². The number of carboxylic acid groups (broad SMARTS) is 1. The van der Waals surface area contributed by atoms with Crippen molar-refractivity contribution in [1.29, 1.82) is 0 Å². The summed E-state index contributed by atoms with van der Waals surface area (Å²) in [5.41, 5.74) is 1.99. The average molecular weight is 806 g/mol. The third-order valence-corrected chi connectivity index (χ3v) is 9.36. The van der Waals surface area contributed by atoms with Crippen LogP contribution in [0.4, 0.5) is 4.79 Å². The Labute approximate surface area is 340 Å². The van der Waals surface area contributed by atoms with E-state index in [1.807, 2.05) is 91.0 Å². The summed E-state index contributed by atoms with van der Waals surface area (Å²) in [5.74, 6) is -3.02. The maximum absolute atomic E-state index is 13.5. The van der Waals surface area contributed by atoms with Gasteiger partial charge in [-0.2, -0.15) is 0 Å². The van der Waals surface area contributed by atoms with Crippen molar-refractivity contribution in [2.45, 2.75) is 122 Å². The van der Waals surface area contributed by atoms with E-state index in [1.165, 1.54) is 0 Å². The molecule has 1 aliphatic heterocycles. The number of hydrogen-bond acceptors (Lipinski definition) is 10. The number of alkyl carbamates (subject to hydrolysis) is 1. The largest absolute Gasteiger partial charge is 0.481 e. The Morgan fingerprint density at radius 1 is 0.707 bits per heavy atom. The molecule has 3 aromatic carbocycles. The molecule has 7 unspecified atom stereocenters. The van der Waals surface area contributed by atoms with E-state index < -0.39 is 78.5 Å². The highest BCUT2D eigenvalue weighted by atomic mass is 16.6. The van der Waals surface area contributed by atoms with Gasteiger partial charge in [0.15, 0.2) is 0 Å². The minimum atomic E-state index is -1.48. The van der Waals surface area contributed by atoms with Crippen molar-refractivity contribution in [3.8, 4) is 0 Å². The zero-order valence-electron chi connectivity index (χ0n) is 34.0. The van der Waals surface area contributed by atoms with Crippen molar-refractivity contribution in [2.75, 3.05) is 13.2 Å². The molecule has 0 bridgehead atoms. The molecule has 14 nitrogen and oxygen atoms in total. The summed E-state index contributed by atoms with van der Waals surface area (Å²) in [7, 11) is 0. The van der Waals surface area contributed by atoms with Gasteiger partial charge in [0.25, 0.3) is 0 Å². The fourth-order valence-electron chi connectivity index (χ4n) is 6.51. The van der Waals surface area contributed by atoms with E-state index in [4.69, 9.17) is 23.7 Å². The molecule has 0 aromatic heterocycles. The molecule has 0 radical (unpaired) electrons. The topological polar surface area (TPSA) is 191 Å². The second kappa shape index (κ2) is 22.9. The first-order chi connectivity index (χ1) is 27.7. The summed E-state index contributed by atoms with van der Waals surface area (Å²) in [6.45, 7) is 9.06. The first-order valence-electron chi connectivity index (χ1n) is 19.8. The van der Waals surface area contributed by atoms with Gasteiger partial charge in [0.05, 0.1) is 39.0 Å². The van der Waals surface area contributed by atoms with E-state index in [-0.39, 0.29) is 38.9 Å². The van der Waals surface area contributed by atoms with Gasteiger partial charge in [-0.25, -0.2) is 4.79 Å². The van der Waals surface area contributed by atoms with Crippen LogP contribution in [0.5, 0.6) is 0 Å². The number of carbonyl (C=O) groups is 4. The monoisotopic (exact) mass is 805 g/mol. The highest BCUT2D eigenvalue weighted by molar-refractivity contribution is 5.93. The second-order valence-corrected chi connectivity index (χ2v) is 15.6. The van der Waals surface area contributed by atoms with Gasteiger partial charge in [-0.05, 0) is 56.2 Å². The zero-order chi connectivity index (χ0) is 42.1. The Morgan fingerprint density at radius 2 is 1.19 bits per heavy atom. The Kier molecular flexibility index (Phi) is 18.1. The van der Waals surface area contributed by atoms with E-state index in [1.54, 1.807) is 34.6 Å². The molecule has 1 fully saturated rings. The molecule has 0 aliphatic carbocycles. The summed E-state index contributed by atoms with van der Waals surface area (Å²) in [6.07, 6.45) is -4.10. The maximum Gasteiger partial charge on any atom is 0.408 e. The SMILES string of the molecule is CC(C)C(NC(=O)C(CC(=O)O)NC(=O)OC(C)(C)C)C(=O)NCCCC1OC(CO)C(OCc2ccccc2)C(OCc2ccccc2)C1OCc1ccccc1. The third kappa shape index (κ3) is 15.1. The predicted octanol–water partition coefficient (Wildman–Crippen LogP) is 4.91. The lowest BCUT2D eigenvalue weighted by Gasteiger charge is -2.46. The van der Waals surface area contributed by atoms with E-state index in [2.05, 4.69) is 16.0 Å². The number of carboxylic acids is 1. The van der Waals surface area contributed by atoms with Crippen LogP contribution >= 0.6 is 0 Å². The van der Waals surface area contributed by atoms with Crippen LogP contribution < -0.4 is 16.0 Å². The molecule has 3 aromatic rings. The van der Waals surface area contributed by atoms with E-state index in [0.29, 0.717) is 12.8 Å². The summed E-state index contributed by atoms with van der Waals surface area (Å²) < 4.78 is 31.5. The highest BCUT2D eigenvalue weighted by Crippen LogP contribution is 2.32. The Balaban J connectivity index is 1.47. The zero-order valence-corrected chi connectivity index (χ0v) is 34.0. The maximum atomic E-state index is 13.5. The molecule has 58 heavy (non-hydrogen) atoms. The number of hydrogen-bond donors (Lipinski definition) is 5. The van der Waals surface area contributed by atoms with Crippen LogP contribution in [0.25, 0.3) is 0 Å². The number of benzene rings is 3. The molecule has 0 saturated carbocycles. The summed E-state index contributed by atoms with van der Waals surface area (Å²) in [5, 5.41) is 27.8.